The molecule has 1 saturated carbocycles. The Bertz CT molecular complexity index is 221. The number of primary amides is 1. The fourth-order valence-corrected chi connectivity index (χ4v) is 2.02. The SMILES string of the molecule is CC(C1CC1)[C@@H](C)C(C)(C)OC(N)=O. The third kappa shape index (κ3) is 2.63. The highest BCUT2D eigenvalue weighted by atomic mass is 16.6. The molecule has 0 radical (unpaired) electrons. The zero-order valence-corrected chi connectivity index (χ0v) is 9.54. The summed E-state index contributed by atoms with van der Waals surface area (Å²) in [5.41, 5.74) is 4.60. The Labute approximate surface area is 86.0 Å². The van der Waals surface area contributed by atoms with Crippen LogP contribution in [0.15, 0.2) is 0 Å². The van der Waals surface area contributed by atoms with E-state index in [2.05, 4.69) is 13.8 Å². The van der Waals surface area contributed by atoms with E-state index in [1.807, 2.05) is 13.8 Å². The molecule has 0 aromatic carbocycles. The van der Waals surface area contributed by atoms with Gasteiger partial charge in [-0.05, 0) is 44.4 Å². The Morgan fingerprint density at radius 1 is 1.43 bits per heavy atom. The predicted molar refractivity (Wildman–Crippen MR) is 55.8 cm³/mol. The highest BCUT2D eigenvalue weighted by Gasteiger charge is 2.39. The lowest BCUT2D eigenvalue weighted by Crippen LogP contribution is -2.40. The van der Waals surface area contributed by atoms with Crippen LogP contribution in [0.2, 0.25) is 0 Å². The molecular weight excluding hydrogens is 178 g/mol. The first-order valence-corrected chi connectivity index (χ1v) is 5.33. The molecule has 1 aliphatic carbocycles. The summed E-state index contributed by atoms with van der Waals surface area (Å²) >= 11 is 0. The Morgan fingerprint density at radius 3 is 2.29 bits per heavy atom. The van der Waals surface area contributed by atoms with E-state index in [1.165, 1.54) is 12.8 Å². The van der Waals surface area contributed by atoms with E-state index < -0.39 is 11.7 Å². The summed E-state index contributed by atoms with van der Waals surface area (Å²) in [6, 6.07) is 0. The van der Waals surface area contributed by atoms with Crippen molar-refractivity contribution in [3.8, 4) is 0 Å². The van der Waals surface area contributed by atoms with E-state index in [4.69, 9.17) is 10.5 Å². The molecule has 1 unspecified atom stereocenters. The van der Waals surface area contributed by atoms with Crippen molar-refractivity contribution in [2.45, 2.75) is 46.1 Å². The van der Waals surface area contributed by atoms with E-state index in [-0.39, 0.29) is 0 Å². The third-order valence-corrected chi connectivity index (χ3v) is 3.61. The van der Waals surface area contributed by atoms with Crippen molar-refractivity contribution in [3.05, 3.63) is 0 Å². The standard InChI is InChI=1S/C11H21NO2/c1-7(9-5-6-9)8(2)11(3,4)14-10(12)13/h7-9H,5-6H2,1-4H3,(H2,12,13)/t7?,8-/m1/s1. The lowest BCUT2D eigenvalue weighted by atomic mass is 9.80. The molecule has 0 spiro atoms. The maximum Gasteiger partial charge on any atom is 0.405 e. The van der Waals surface area contributed by atoms with Gasteiger partial charge in [-0.1, -0.05) is 13.8 Å². The minimum absolute atomic E-state index is 0.350. The van der Waals surface area contributed by atoms with Gasteiger partial charge in [-0.3, -0.25) is 0 Å². The monoisotopic (exact) mass is 199 g/mol. The summed E-state index contributed by atoms with van der Waals surface area (Å²) in [6.45, 7) is 8.23. The first-order valence-electron chi connectivity index (χ1n) is 5.33. The molecule has 3 heteroatoms. The number of hydrogen-bond donors (Lipinski definition) is 1. The van der Waals surface area contributed by atoms with Crippen molar-refractivity contribution in [2.75, 3.05) is 0 Å². The highest BCUT2D eigenvalue weighted by Crippen LogP contribution is 2.43. The van der Waals surface area contributed by atoms with Crippen LogP contribution >= 0.6 is 0 Å². The van der Waals surface area contributed by atoms with Crippen LogP contribution < -0.4 is 5.73 Å². The van der Waals surface area contributed by atoms with E-state index in [0.717, 1.165) is 5.92 Å². The molecular formula is C11H21NO2. The lowest BCUT2D eigenvalue weighted by Gasteiger charge is -2.34. The summed E-state index contributed by atoms with van der Waals surface area (Å²) in [4.78, 5) is 10.7. The van der Waals surface area contributed by atoms with Crippen LogP contribution in [0.1, 0.15) is 40.5 Å². The zero-order valence-electron chi connectivity index (χ0n) is 9.54. The summed E-state index contributed by atoms with van der Waals surface area (Å²) in [5.74, 6) is 1.77. The van der Waals surface area contributed by atoms with Crippen molar-refractivity contribution in [1.29, 1.82) is 0 Å². The maximum absolute atomic E-state index is 10.7. The van der Waals surface area contributed by atoms with Gasteiger partial charge in [-0.25, -0.2) is 4.79 Å². The maximum atomic E-state index is 10.7. The minimum Gasteiger partial charge on any atom is -0.443 e. The van der Waals surface area contributed by atoms with Gasteiger partial charge < -0.3 is 10.5 Å². The second-order valence-electron chi connectivity index (χ2n) is 5.01. The van der Waals surface area contributed by atoms with Gasteiger partial charge in [0.15, 0.2) is 0 Å². The van der Waals surface area contributed by atoms with Crippen molar-refractivity contribution in [1.82, 2.24) is 0 Å². The molecule has 0 bridgehead atoms. The molecule has 0 aliphatic heterocycles. The van der Waals surface area contributed by atoms with Gasteiger partial charge in [0.25, 0.3) is 0 Å². The van der Waals surface area contributed by atoms with Gasteiger partial charge in [-0.2, -0.15) is 0 Å². The van der Waals surface area contributed by atoms with Crippen molar-refractivity contribution >= 4 is 6.09 Å². The van der Waals surface area contributed by atoms with Gasteiger partial charge in [0, 0.05) is 0 Å². The Balaban J connectivity index is 2.55. The van der Waals surface area contributed by atoms with Crippen LogP contribution in [0.5, 0.6) is 0 Å². The van der Waals surface area contributed by atoms with Crippen LogP contribution in [0.4, 0.5) is 4.79 Å². The van der Waals surface area contributed by atoms with Crippen LogP contribution in [-0.4, -0.2) is 11.7 Å². The van der Waals surface area contributed by atoms with Gasteiger partial charge in [0.05, 0.1) is 0 Å². The largest absolute Gasteiger partial charge is 0.443 e. The highest BCUT2D eigenvalue weighted by molar-refractivity contribution is 5.65. The van der Waals surface area contributed by atoms with E-state index >= 15 is 0 Å². The molecule has 2 N–H and O–H groups in total. The fourth-order valence-electron chi connectivity index (χ4n) is 2.02. The molecule has 0 saturated heterocycles. The van der Waals surface area contributed by atoms with E-state index in [1.54, 1.807) is 0 Å². The molecule has 82 valence electrons. The smallest absolute Gasteiger partial charge is 0.405 e. The van der Waals surface area contributed by atoms with Crippen molar-refractivity contribution in [2.24, 2.45) is 23.5 Å². The van der Waals surface area contributed by atoms with Gasteiger partial charge >= 0.3 is 6.09 Å². The molecule has 3 nitrogen and oxygen atoms in total. The molecule has 2 atom stereocenters. The summed E-state index contributed by atoms with van der Waals surface area (Å²) in [6.07, 6.45) is 1.96. The number of carbonyl (C=O) groups is 1. The zero-order chi connectivity index (χ0) is 10.9. The minimum atomic E-state index is -0.676. The number of carbonyl (C=O) groups excluding carboxylic acids is 1. The predicted octanol–water partition coefficient (Wildman–Crippen LogP) is 2.54. The van der Waals surface area contributed by atoms with Gasteiger partial charge in [0.1, 0.15) is 5.60 Å². The van der Waals surface area contributed by atoms with Crippen LogP contribution in [0.3, 0.4) is 0 Å². The van der Waals surface area contributed by atoms with Crippen molar-refractivity contribution < 1.29 is 9.53 Å². The summed E-state index contributed by atoms with van der Waals surface area (Å²) in [5, 5.41) is 0. The average Bonchev–Trinajstić information content (AvgIpc) is 2.81. The van der Waals surface area contributed by atoms with Crippen LogP contribution in [0.25, 0.3) is 0 Å². The first kappa shape index (κ1) is 11.3. The quantitative estimate of drug-likeness (QED) is 0.756. The summed E-state index contributed by atoms with van der Waals surface area (Å²) in [7, 11) is 0. The topological polar surface area (TPSA) is 52.3 Å². The van der Waals surface area contributed by atoms with Crippen LogP contribution in [0, 0.1) is 17.8 Å². The van der Waals surface area contributed by atoms with E-state index in [0.29, 0.717) is 11.8 Å². The van der Waals surface area contributed by atoms with Gasteiger partial charge in [0.2, 0.25) is 0 Å². The van der Waals surface area contributed by atoms with Crippen molar-refractivity contribution in [3.63, 3.8) is 0 Å². The van der Waals surface area contributed by atoms with Gasteiger partial charge in [-0.15, -0.1) is 0 Å². The number of amides is 1. The van der Waals surface area contributed by atoms with Crippen LogP contribution in [-0.2, 0) is 4.74 Å². The first-order chi connectivity index (χ1) is 6.34. The third-order valence-electron chi connectivity index (χ3n) is 3.61. The number of hydrogen-bond acceptors (Lipinski definition) is 2. The second-order valence-corrected chi connectivity index (χ2v) is 5.01. The molecule has 0 aromatic rings. The molecule has 14 heavy (non-hydrogen) atoms. The Morgan fingerprint density at radius 2 is 1.93 bits per heavy atom. The number of rotatable bonds is 4. The molecule has 0 heterocycles. The molecule has 1 fully saturated rings. The fraction of sp³-hybridized carbons (Fsp3) is 0.909. The molecule has 1 amide bonds. The Hall–Kier alpha value is -0.730. The Kier molecular flexibility index (Phi) is 3.07. The molecule has 0 aromatic heterocycles. The number of ether oxygens (including phenoxy) is 1. The molecule has 1 rings (SSSR count). The normalized spacial score (nSPS) is 21.4. The average molecular weight is 199 g/mol. The lowest BCUT2D eigenvalue weighted by molar-refractivity contribution is -0.0167. The number of nitrogens with two attached hydrogens (primary N) is 1. The molecule has 1 aliphatic rings. The summed E-state index contributed by atoms with van der Waals surface area (Å²) < 4.78 is 5.14. The second kappa shape index (κ2) is 3.79. The van der Waals surface area contributed by atoms with E-state index in [9.17, 15) is 4.79 Å².